The molecular formula is C13H14BrNS. The quantitative estimate of drug-likeness (QED) is 0.759. The average molecular weight is 296 g/mol. The van der Waals surface area contributed by atoms with Crippen molar-refractivity contribution in [2.24, 2.45) is 0 Å². The first kappa shape index (κ1) is 10.7. The second-order valence-electron chi connectivity index (χ2n) is 4.16. The van der Waals surface area contributed by atoms with E-state index in [-0.39, 0.29) is 0 Å². The highest BCUT2D eigenvalue weighted by molar-refractivity contribution is 9.09. The number of aromatic nitrogens is 1. The molecule has 0 N–H and O–H groups in total. The Labute approximate surface area is 108 Å². The second kappa shape index (κ2) is 4.11. The van der Waals surface area contributed by atoms with E-state index in [0.29, 0.717) is 0 Å². The maximum Gasteiger partial charge on any atom is 0.0623 e. The van der Waals surface area contributed by atoms with Crippen LogP contribution in [-0.2, 0) is 13.0 Å². The average Bonchev–Trinajstić information content (AvgIpc) is 2.58. The van der Waals surface area contributed by atoms with Crippen molar-refractivity contribution in [3.8, 4) is 0 Å². The van der Waals surface area contributed by atoms with Crippen molar-refractivity contribution in [3.05, 3.63) is 29.5 Å². The van der Waals surface area contributed by atoms with Crippen molar-refractivity contribution in [1.82, 2.24) is 4.57 Å². The van der Waals surface area contributed by atoms with Gasteiger partial charge < -0.3 is 4.57 Å². The van der Waals surface area contributed by atoms with Crippen LogP contribution in [0.3, 0.4) is 0 Å². The number of rotatable bonds is 2. The minimum Gasteiger partial charge on any atom is -0.343 e. The molecule has 0 aliphatic carbocycles. The van der Waals surface area contributed by atoms with Gasteiger partial charge in [-0.3, -0.25) is 0 Å². The Hall–Kier alpha value is -0.410. The highest BCUT2D eigenvalue weighted by Gasteiger charge is 2.19. The summed E-state index contributed by atoms with van der Waals surface area (Å²) < 4.78 is 2.50. The number of para-hydroxylation sites is 1. The molecule has 0 radical (unpaired) electrons. The summed E-state index contributed by atoms with van der Waals surface area (Å²) in [5.74, 6) is 1.20. The van der Waals surface area contributed by atoms with Crippen LogP contribution in [0.1, 0.15) is 11.3 Å². The monoisotopic (exact) mass is 295 g/mol. The van der Waals surface area contributed by atoms with Crippen LogP contribution < -0.4 is 0 Å². The van der Waals surface area contributed by atoms with E-state index in [1.54, 1.807) is 0 Å². The van der Waals surface area contributed by atoms with E-state index in [1.165, 1.54) is 32.8 Å². The van der Waals surface area contributed by atoms with Gasteiger partial charge in [-0.05, 0) is 25.0 Å². The number of hydrogen-bond donors (Lipinski definition) is 0. The van der Waals surface area contributed by atoms with Crippen molar-refractivity contribution in [2.45, 2.75) is 24.8 Å². The first-order chi connectivity index (χ1) is 7.83. The van der Waals surface area contributed by atoms with Crippen molar-refractivity contribution in [2.75, 3.05) is 11.1 Å². The Balaban J connectivity index is 2.36. The zero-order chi connectivity index (χ0) is 11.1. The number of aryl methyl sites for hydroxylation is 2. The molecule has 3 heteroatoms. The molecule has 0 amide bonds. The first-order valence-corrected chi connectivity index (χ1v) is 7.73. The number of nitrogens with zero attached hydrogens (tertiary/aromatic N) is 1. The normalized spacial score (nSPS) is 14.6. The Kier molecular flexibility index (Phi) is 2.76. The van der Waals surface area contributed by atoms with Gasteiger partial charge in [0.15, 0.2) is 0 Å². The predicted molar refractivity (Wildman–Crippen MR) is 74.9 cm³/mol. The number of thioether (sulfide) groups is 1. The van der Waals surface area contributed by atoms with Crippen LogP contribution in [0.15, 0.2) is 23.1 Å². The molecule has 0 atom stereocenters. The molecule has 16 heavy (non-hydrogen) atoms. The second-order valence-corrected chi connectivity index (χ2v) is 6.09. The van der Waals surface area contributed by atoms with Gasteiger partial charge in [0.2, 0.25) is 0 Å². The van der Waals surface area contributed by atoms with Gasteiger partial charge in [0, 0.05) is 33.6 Å². The molecule has 1 nitrogen and oxygen atoms in total. The van der Waals surface area contributed by atoms with Crippen molar-refractivity contribution < 1.29 is 0 Å². The molecule has 1 aromatic heterocycles. The Bertz CT molecular complexity index is 544. The third kappa shape index (κ3) is 1.45. The van der Waals surface area contributed by atoms with Crippen molar-refractivity contribution >= 4 is 38.6 Å². The van der Waals surface area contributed by atoms with Gasteiger partial charge >= 0.3 is 0 Å². The van der Waals surface area contributed by atoms with E-state index in [2.05, 4.69) is 45.6 Å². The Morgan fingerprint density at radius 2 is 2.31 bits per heavy atom. The molecule has 0 spiro atoms. The minimum atomic E-state index is 1.05. The van der Waals surface area contributed by atoms with Crippen LogP contribution in [-0.4, -0.2) is 15.7 Å². The summed E-state index contributed by atoms with van der Waals surface area (Å²) in [7, 11) is 0. The van der Waals surface area contributed by atoms with Gasteiger partial charge in [-0.15, -0.1) is 11.8 Å². The molecule has 2 heterocycles. The molecule has 1 aromatic carbocycles. The zero-order valence-corrected chi connectivity index (χ0v) is 11.7. The molecule has 1 aliphatic heterocycles. The fraction of sp³-hybridized carbons (Fsp3) is 0.385. The van der Waals surface area contributed by atoms with E-state index in [4.69, 9.17) is 0 Å². The molecule has 0 bridgehead atoms. The lowest BCUT2D eigenvalue weighted by Crippen LogP contribution is -2.07. The van der Waals surface area contributed by atoms with Gasteiger partial charge in [0.25, 0.3) is 0 Å². The Morgan fingerprint density at radius 3 is 3.12 bits per heavy atom. The van der Waals surface area contributed by atoms with Gasteiger partial charge in [-0.1, -0.05) is 28.1 Å². The summed E-state index contributed by atoms with van der Waals surface area (Å²) in [6, 6.07) is 6.71. The highest BCUT2D eigenvalue weighted by Crippen LogP contribution is 2.37. The number of alkyl halides is 1. The SMILES string of the molecule is Cc1c(CCBr)c2cccc3c2n1CCS3. The first-order valence-electron chi connectivity index (χ1n) is 5.62. The smallest absolute Gasteiger partial charge is 0.0623 e. The third-order valence-corrected chi connectivity index (χ3v) is 4.78. The lowest BCUT2D eigenvalue weighted by atomic mass is 10.1. The molecule has 84 valence electrons. The van der Waals surface area contributed by atoms with Gasteiger partial charge in [0.1, 0.15) is 0 Å². The van der Waals surface area contributed by atoms with Crippen LogP contribution in [0.5, 0.6) is 0 Å². The maximum atomic E-state index is 3.56. The number of hydrogen-bond acceptors (Lipinski definition) is 1. The molecule has 0 saturated carbocycles. The van der Waals surface area contributed by atoms with Gasteiger partial charge in [0.05, 0.1) is 5.52 Å². The largest absolute Gasteiger partial charge is 0.343 e. The lowest BCUT2D eigenvalue weighted by Gasteiger charge is -2.16. The van der Waals surface area contributed by atoms with Gasteiger partial charge in [-0.25, -0.2) is 0 Å². The Morgan fingerprint density at radius 1 is 1.44 bits per heavy atom. The topological polar surface area (TPSA) is 4.93 Å². The predicted octanol–water partition coefficient (Wildman–Crippen LogP) is 3.99. The molecule has 0 saturated heterocycles. The molecule has 1 aliphatic rings. The van der Waals surface area contributed by atoms with Gasteiger partial charge in [-0.2, -0.15) is 0 Å². The van der Waals surface area contributed by atoms with Crippen molar-refractivity contribution in [3.63, 3.8) is 0 Å². The number of halogens is 1. The summed E-state index contributed by atoms with van der Waals surface area (Å²) >= 11 is 5.55. The summed E-state index contributed by atoms with van der Waals surface area (Å²) in [4.78, 5) is 1.45. The van der Waals surface area contributed by atoms with Crippen LogP contribution in [0.2, 0.25) is 0 Å². The minimum absolute atomic E-state index is 1.05. The van der Waals surface area contributed by atoms with Crippen LogP contribution in [0.25, 0.3) is 10.9 Å². The van der Waals surface area contributed by atoms with Crippen molar-refractivity contribution in [1.29, 1.82) is 0 Å². The standard InChI is InChI=1S/C13H14BrNS/c1-9-10(5-6-14)11-3-2-4-12-13(11)15(9)7-8-16-12/h2-4H,5-8H2,1H3. The molecule has 2 aromatic rings. The van der Waals surface area contributed by atoms with E-state index >= 15 is 0 Å². The number of benzene rings is 1. The van der Waals surface area contributed by atoms with Crippen LogP contribution >= 0.6 is 27.7 Å². The highest BCUT2D eigenvalue weighted by atomic mass is 79.9. The fourth-order valence-corrected chi connectivity index (χ4v) is 4.04. The summed E-state index contributed by atoms with van der Waals surface area (Å²) in [5.41, 5.74) is 4.45. The zero-order valence-electron chi connectivity index (χ0n) is 9.29. The lowest BCUT2D eigenvalue weighted by molar-refractivity contribution is 0.758. The molecule has 0 unspecified atom stereocenters. The fourth-order valence-electron chi connectivity index (χ4n) is 2.62. The molecular weight excluding hydrogens is 282 g/mol. The van der Waals surface area contributed by atoms with E-state index in [0.717, 1.165) is 18.3 Å². The molecule has 3 rings (SSSR count). The van der Waals surface area contributed by atoms with Crippen LogP contribution in [0.4, 0.5) is 0 Å². The van der Waals surface area contributed by atoms with E-state index in [1.807, 2.05) is 11.8 Å². The van der Waals surface area contributed by atoms with E-state index in [9.17, 15) is 0 Å². The third-order valence-electron chi connectivity index (χ3n) is 3.35. The summed E-state index contributed by atoms with van der Waals surface area (Å²) in [6.45, 7) is 3.42. The van der Waals surface area contributed by atoms with E-state index < -0.39 is 0 Å². The summed E-state index contributed by atoms with van der Waals surface area (Å²) in [6.07, 6.45) is 1.13. The van der Waals surface area contributed by atoms with Crippen LogP contribution in [0, 0.1) is 6.92 Å². The summed E-state index contributed by atoms with van der Waals surface area (Å²) in [5, 5.41) is 2.51. The molecule has 0 fully saturated rings. The maximum absolute atomic E-state index is 3.56.